The third-order valence-corrected chi connectivity index (χ3v) is 5.34. The number of nitrogens with zero attached hydrogens (tertiary/aromatic N) is 4. The third-order valence-electron chi connectivity index (χ3n) is 5.34. The SMILES string of the molecule is CN(C(=O)c1ccc2n[nH]nc2n1)C1CC(Oc2ccccc2)C1(C)C. The van der Waals surface area contributed by atoms with Crippen LogP contribution in [0.25, 0.3) is 11.2 Å². The molecule has 1 aliphatic carbocycles. The van der Waals surface area contributed by atoms with E-state index in [0.29, 0.717) is 16.9 Å². The molecular formula is C19H21N5O2. The van der Waals surface area contributed by atoms with Crippen molar-refractivity contribution < 1.29 is 9.53 Å². The van der Waals surface area contributed by atoms with Crippen molar-refractivity contribution in [2.75, 3.05) is 7.05 Å². The maximum Gasteiger partial charge on any atom is 0.272 e. The first-order valence-corrected chi connectivity index (χ1v) is 8.63. The molecule has 1 aliphatic rings. The van der Waals surface area contributed by atoms with Crippen molar-refractivity contribution in [2.45, 2.75) is 32.4 Å². The highest BCUT2D eigenvalue weighted by atomic mass is 16.5. The largest absolute Gasteiger partial charge is 0.490 e. The highest BCUT2D eigenvalue weighted by Crippen LogP contribution is 2.45. The Balaban J connectivity index is 1.48. The molecule has 134 valence electrons. The van der Waals surface area contributed by atoms with E-state index in [-0.39, 0.29) is 23.5 Å². The van der Waals surface area contributed by atoms with E-state index in [0.717, 1.165) is 12.2 Å². The van der Waals surface area contributed by atoms with Crippen molar-refractivity contribution in [3.05, 3.63) is 48.2 Å². The average Bonchev–Trinajstić information content (AvgIpc) is 3.12. The quantitative estimate of drug-likeness (QED) is 0.781. The van der Waals surface area contributed by atoms with Crippen LogP contribution >= 0.6 is 0 Å². The van der Waals surface area contributed by atoms with Crippen LogP contribution in [0.3, 0.4) is 0 Å². The fraction of sp³-hybridized carbons (Fsp3) is 0.368. The smallest absolute Gasteiger partial charge is 0.272 e. The molecular weight excluding hydrogens is 330 g/mol. The summed E-state index contributed by atoms with van der Waals surface area (Å²) in [5.74, 6) is 0.738. The third kappa shape index (κ3) is 2.69. The summed E-state index contributed by atoms with van der Waals surface area (Å²) in [6, 6.07) is 13.3. The van der Waals surface area contributed by atoms with Crippen molar-refractivity contribution in [3.8, 4) is 5.75 Å². The number of nitrogens with one attached hydrogen (secondary N) is 1. The number of hydrogen-bond acceptors (Lipinski definition) is 5. The molecule has 0 bridgehead atoms. The highest BCUT2D eigenvalue weighted by Gasteiger charge is 2.53. The summed E-state index contributed by atoms with van der Waals surface area (Å²) in [4.78, 5) is 18.9. The highest BCUT2D eigenvalue weighted by molar-refractivity contribution is 5.94. The van der Waals surface area contributed by atoms with Crippen LogP contribution in [0.1, 0.15) is 30.8 Å². The molecule has 2 aromatic heterocycles. The molecule has 0 radical (unpaired) electrons. The van der Waals surface area contributed by atoms with Crippen molar-refractivity contribution >= 4 is 17.1 Å². The number of H-pyrrole nitrogens is 1. The molecule has 2 atom stereocenters. The van der Waals surface area contributed by atoms with Crippen LogP contribution in [0.4, 0.5) is 0 Å². The molecule has 0 spiro atoms. The first kappa shape index (κ1) is 16.5. The number of carbonyl (C=O) groups excluding carboxylic acids is 1. The molecule has 7 heteroatoms. The molecule has 1 fully saturated rings. The Morgan fingerprint density at radius 3 is 2.69 bits per heavy atom. The summed E-state index contributed by atoms with van der Waals surface area (Å²) < 4.78 is 6.10. The van der Waals surface area contributed by atoms with Crippen molar-refractivity contribution in [1.82, 2.24) is 25.3 Å². The Hall–Kier alpha value is -2.96. The summed E-state index contributed by atoms with van der Waals surface area (Å²) in [5, 5.41) is 10.4. The van der Waals surface area contributed by atoms with Gasteiger partial charge in [-0.25, -0.2) is 4.98 Å². The number of ether oxygens (including phenoxy) is 1. The molecule has 0 saturated heterocycles. The van der Waals surface area contributed by atoms with Gasteiger partial charge in [0.05, 0.1) is 0 Å². The van der Waals surface area contributed by atoms with Gasteiger partial charge >= 0.3 is 0 Å². The number of rotatable bonds is 4. The van der Waals surface area contributed by atoms with Gasteiger partial charge in [0.25, 0.3) is 5.91 Å². The van der Waals surface area contributed by atoms with E-state index in [9.17, 15) is 4.79 Å². The van der Waals surface area contributed by atoms with Crippen LogP contribution < -0.4 is 4.74 Å². The molecule has 1 aromatic carbocycles. The minimum Gasteiger partial charge on any atom is -0.490 e. The zero-order valence-electron chi connectivity index (χ0n) is 15.0. The van der Waals surface area contributed by atoms with Crippen LogP contribution in [-0.4, -0.2) is 50.4 Å². The summed E-state index contributed by atoms with van der Waals surface area (Å²) in [7, 11) is 1.82. The predicted octanol–water partition coefficient (Wildman–Crippen LogP) is 2.67. The Morgan fingerprint density at radius 1 is 1.19 bits per heavy atom. The molecule has 0 aliphatic heterocycles. The van der Waals surface area contributed by atoms with Gasteiger partial charge in [0.1, 0.15) is 23.1 Å². The van der Waals surface area contributed by atoms with Crippen LogP contribution in [0.2, 0.25) is 0 Å². The van der Waals surface area contributed by atoms with E-state index in [4.69, 9.17) is 4.74 Å². The van der Waals surface area contributed by atoms with Gasteiger partial charge in [-0.15, -0.1) is 5.10 Å². The zero-order chi connectivity index (χ0) is 18.3. The first-order valence-electron chi connectivity index (χ1n) is 8.63. The molecule has 26 heavy (non-hydrogen) atoms. The average molecular weight is 351 g/mol. The minimum atomic E-state index is -0.155. The second-order valence-electron chi connectivity index (χ2n) is 7.27. The maximum atomic E-state index is 12.9. The minimum absolute atomic E-state index is 0.0659. The van der Waals surface area contributed by atoms with E-state index in [1.165, 1.54) is 0 Å². The van der Waals surface area contributed by atoms with Gasteiger partial charge in [0.2, 0.25) is 5.65 Å². The molecule has 2 unspecified atom stereocenters. The van der Waals surface area contributed by atoms with Crippen molar-refractivity contribution in [1.29, 1.82) is 0 Å². The second kappa shape index (κ2) is 6.09. The maximum absolute atomic E-state index is 12.9. The number of para-hydroxylation sites is 1. The van der Waals surface area contributed by atoms with E-state index < -0.39 is 0 Å². The molecule has 3 aromatic rings. The molecule has 1 amide bonds. The molecule has 1 saturated carbocycles. The van der Waals surface area contributed by atoms with Gasteiger partial charge in [-0.3, -0.25) is 4.79 Å². The monoisotopic (exact) mass is 351 g/mol. The number of aromatic amines is 1. The number of pyridine rings is 1. The number of carbonyl (C=O) groups is 1. The summed E-state index contributed by atoms with van der Waals surface area (Å²) >= 11 is 0. The van der Waals surface area contributed by atoms with Crippen LogP contribution in [0.5, 0.6) is 5.75 Å². The van der Waals surface area contributed by atoms with Gasteiger partial charge in [0, 0.05) is 24.9 Å². The number of amides is 1. The molecule has 7 nitrogen and oxygen atoms in total. The molecule has 4 rings (SSSR count). The van der Waals surface area contributed by atoms with Gasteiger partial charge < -0.3 is 9.64 Å². The lowest BCUT2D eigenvalue weighted by atomic mass is 9.63. The summed E-state index contributed by atoms with van der Waals surface area (Å²) in [6.45, 7) is 4.26. The van der Waals surface area contributed by atoms with Gasteiger partial charge in [-0.05, 0) is 24.3 Å². The number of aromatic nitrogens is 4. The van der Waals surface area contributed by atoms with E-state index in [1.54, 1.807) is 17.0 Å². The van der Waals surface area contributed by atoms with Crippen LogP contribution in [0.15, 0.2) is 42.5 Å². The molecule has 2 heterocycles. The Labute approximate surface area is 151 Å². The lowest BCUT2D eigenvalue weighted by Gasteiger charge is -2.54. The lowest BCUT2D eigenvalue weighted by Crippen LogP contribution is -2.63. The van der Waals surface area contributed by atoms with Crippen LogP contribution in [-0.2, 0) is 0 Å². The van der Waals surface area contributed by atoms with Crippen molar-refractivity contribution in [2.24, 2.45) is 5.41 Å². The Bertz CT molecular complexity index is 937. The Kier molecular flexibility index (Phi) is 3.86. The summed E-state index contributed by atoms with van der Waals surface area (Å²) in [5.41, 5.74) is 1.31. The number of benzene rings is 1. The second-order valence-corrected chi connectivity index (χ2v) is 7.27. The normalized spacial score (nSPS) is 21.2. The van der Waals surface area contributed by atoms with Crippen molar-refractivity contribution in [3.63, 3.8) is 0 Å². The van der Waals surface area contributed by atoms with E-state index in [2.05, 4.69) is 34.2 Å². The van der Waals surface area contributed by atoms with Gasteiger partial charge in [-0.2, -0.15) is 10.3 Å². The summed E-state index contributed by atoms with van der Waals surface area (Å²) in [6.07, 6.45) is 0.854. The first-order chi connectivity index (χ1) is 12.5. The van der Waals surface area contributed by atoms with E-state index >= 15 is 0 Å². The zero-order valence-corrected chi connectivity index (χ0v) is 15.0. The number of hydrogen-bond donors (Lipinski definition) is 1. The van der Waals surface area contributed by atoms with Crippen LogP contribution in [0, 0.1) is 5.41 Å². The van der Waals surface area contributed by atoms with Gasteiger partial charge in [0.15, 0.2) is 0 Å². The fourth-order valence-electron chi connectivity index (χ4n) is 3.56. The lowest BCUT2D eigenvalue weighted by molar-refractivity contribution is -0.0887. The van der Waals surface area contributed by atoms with Gasteiger partial charge in [-0.1, -0.05) is 32.0 Å². The predicted molar refractivity (Wildman–Crippen MR) is 96.8 cm³/mol. The topological polar surface area (TPSA) is 84.0 Å². The number of fused-ring (bicyclic) bond motifs is 1. The molecule has 1 N–H and O–H groups in total. The Morgan fingerprint density at radius 2 is 1.96 bits per heavy atom. The standard InChI is InChI=1S/C19H21N5O2/c1-19(2)15(11-16(19)26-12-7-5-4-6-8-12)24(3)18(25)14-10-9-13-17(20-14)22-23-21-13/h4-10,15-16H,11H2,1-3H3,(H,20,21,22,23). The van der Waals surface area contributed by atoms with E-state index in [1.807, 2.05) is 37.4 Å². The fourth-order valence-corrected chi connectivity index (χ4v) is 3.56.